The smallest absolute Gasteiger partial charge is 0.0713 e. The van der Waals surface area contributed by atoms with Gasteiger partial charge in [0.2, 0.25) is 0 Å². The molecule has 0 aromatic heterocycles. The first-order valence-corrected chi connectivity index (χ1v) is 9.48. The van der Waals surface area contributed by atoms with Crippen LogP contribution in [0.5, 0.6) is 0 Å². The van der Waals surface area contributed by atoms with Crippen LogP contribution in [-0.2, 0) is 0 Å². The van der Waals surface area contributed by atoms with Gasteiger partial charge in [-0.05, 0) is 64.0 Å². The summed E-state index contributed by atoms with van der Waals surface area (Å²) >= 11 is 0. The van der Waals surface area contributed by atoms with E-state index in [2.05, 4.69) is 76.5 Å². The molecular weight excluding hydrogens is 292 g/mol. The molecule has 2 heteroatoms. The van der Waals surface area contributed by atoms with Crippen molar-refractivity contribution in [2.45, 2.75) is 60.4 Å². The maximum absolute atomic E-state index is 2.74. The molecule has 1 fully saturated rings. The Morgan fingerprint density at radius 1 is 1.00 bits per heavy atom. The molecule has 1 aliphatic heterocycles. The number of nitrogens with zero attached hydrogens (tertiary/aromatic N) is 2. The number of rotatable bonds is 2. The molecule has 2 aliphatic rings. The van der Waals surface area contributed by atoms with Gasteiger partial charge in [-0.15, -0.1) is 0 Å². The Hall–Kier alpha value is -1.28. The summed E-state index contributed by atoms with van der Waals surface area (Å²) in [6.07, 6.45) is 3.74. The van der Waals surface area contributed by atoms with Crippen molar-refractivity contribution in [3.63, 3.8) is 0 Å². The van der Waals surface area contributed by atoms with Crippen LogP contribution in [0.3, 0.4) is 0 Å². The molecule has 1 aliphatic carbocycles. The van der Waals surface area contributed by atoms with Crippen molar-refractivity contribution < 1.29 is 0 Å². The van der Waals surface area contributed by atoms with Crippen molar-refractivity contribution in [2.75, 3.05) is 24.7 Å². The van der Waals surface area contributed by atoms with Crippen molar-refractivity contribution in [1.29, 1.82) is 0 Å². The predicted molar refractivity (Wildman–Crippen MR) is 105 cm³/mol. The lowest BCUT2D eigenvalue weighted by molar-refractivity contribution is 0.0364. The fraction of sp³-hybridized carbons (Fsp3) is 0.636. The molecule has 1 aromatic rings. The van der Waals surface area contributed by atoms with Gasteiger partial charge in [0.25, 0.3) is 0 Å². The van der Waals surface area contributed by atoms with Crippen LogP contribution in [0, 0.1) is 32.6 Å². The Morgan fingerprint density at radius 2 is 1.62 bits per heavy atom. The van der Waals surface area contributed by atoms with Gasteiger partial charge in [0.05, 0.1) is 6.67 Å². The molecule has 0 spiro atoms. The van der Waals surface area contributed by atoms with Crippen LogP contribution in [0.15, 0.2) is 23.8 Å². The summed E-state index contributed by atoms with van der Waals surface area (Å²) in [4.78, 5) is 5.34. The predicted octanol–water partition coefficient (Wildman–Crippen LogP) is 5.07. The molecule has 1 saturated heterocycles. The van der Waals surface area contributed by atoms with Gasteiger partial charge in [0, 0.05) is 24.3 Å². The monoisotopic (exact) mass is 326 g/mol. The van der Waals surface area contributed by atoms with Crippen molar-refractivity contribution in [3.05, 3.63) is 40.5 Å². The Labute approximate surface area is 148 Å². The highest BCUT2D eigenvalue weighted by molar-refractivity contribution is 5.60. The minimum absolute atomic E-state index is 0.265. The molecule has 1 heterocycles. The number of anilines is 1. The average molecular weight is 327 g/mol. The van der Waals surface area contributed by atoms with E-state index < -0.39 is 0 Å². The van der Waals surface area contributed by atoms with Crippen LogP contribution < -0.4 is 4.90 Å². The highest BCUT2D eigenvalue weighted by Crippen LogP contribution is 2.43. The van der Waals surface area contributed by atoms with Gasteiger partial charge in [-0.25, -0.2) is 0 Å². The lowest BCUT2D eigenvalue weighted by Gasteiger charge is -2.49. The van der Waals surface area contributed by atoms with Crippen molar-refractivity contribution in [3.8, 4) is 0 Å². The normalized spacial score (nSPS) is 31.5. The first kappa shape index (κ1) is 17.5. The van der Waals surface area contributed by atoms with Crippen LogP contribution in [0.25, 0.3) is 0 Å². The molecule has 0 bridgehead atoms. The van der Waals surface area contributed by atoms with E-state index in [0.29, 0.717) is 11.8 Å². The summed E-state index contributed by atoms with van der Waals surface area (Å²) in [5, 5.41) is 0. The Morgan fingerprint density at radius 3 is 2.21 bits per heavy atom. The van der Waals surface area contributed by atoms with Crippen molar-refractivity contribution in [2.24, 2.45) is 11.8 Å². The molecule has 2 nitrogen and oxygen atoms in total. The van der Waals surface area contributed by atoms with E-state index in [1.807, 2.05) is 0 Å². The van der Waals surface area contributed by atoms with Crippen LogP contribution >= 0.6 is 0 Å². The Kier molecular flexibility index (Phi) is 4.55. The quantitative estimate of drug-likeness (QED) is 0.700. The minimum Gasteiger partial charge on any atom is -0.357 e. The number of aryl methyl sites for hydroxylation is 3. The standard InChI is InChI=1S/C22H34N2/c1-15-10-17(3)21(18(4)11-15)23-8-9-24(14-23)22(7)19(5)12-16(2)13-20(22)6/h10-12,19-20H,8-9,13-14H2,1-7H3. The van der Waals surface area contributed by atoms with Gasteiger partial charge in [-0.1, -0.05) is 43.2 Å². The first-order chi connectivity index (χ1) is 11.2. The Bertz CT molecular complexity index is 637. The molecule has 0 radical (unpaired) electrons. The summed E-state index contributed by atoms with van der Waals surface area (Å²) in [7, 11) is 0. The summed E-state index contributed by atoms with van der Waals surface area (Å²) in [5.74, 6) is 1.32. The number of benzene rings is 1. The molecule has 132 valence electrons. The van der Waals surface area contributed by atoms with Crippen molar-refractivity contribution in [1.82, 2.24) is 4.90 Å². The van der Waals surface area contributed by atoms with Crippen LogP contribution in [-0.4, -0.2) is 30.2 Å². The SMILES string of the molecule is CC1=CC(C)C(C)(N2CCN(c3c(C)cc(C)cc3C)C2)C(C)C1. The molecule has 24 heavy (non-hydrogen) atoms. The maximum atomic E-state index is 2.74. The van der Waals surface area contributed by atoms with E-state index in [9.17, 15) is 0 Å². The van der Waals surface area contributed by atoms with Crippen LogP contribution in [0.2, 0.25) is 0 Å². The molecule has 0 amide bonds. The highest BCUT2D eigenvalue weighted by Gasteiger charge is 2.45. The minimum atomic E-state index is 0.265. The van der Waals surface area contributed by atoms with Crippen LogP contribution in [0.4, 0.5) is 5.69 Å². The number of allylic oxidation sites excluding steroid dienone is 1. The zero-order valence-electron chi connectivity index (χ0n) is 16.6. The van der Waals surface area contributed by atoms with E-state index >= 15 is 0 Å². The zero-order chi connectivity index (χ0) is 17.6. The lowest BCUT2D eigenvalue weighted by atomic mass is 9.69. The summed E-state index contributed by atoms with van der Waals surface area (Å²) in [6.45, 7) is 19.7. The second kappa shape index (κ2) is 6.22. The molecule has 0 saturated carbocycles. The van der Waals surface area contributed by atoms with E-state index in [4.69, 9.17) is 0 Å². The zero-order valence-corrected chi connectivity index (χ0v) is 16.6. The lowest BCUT2D eigenvalue weighted by Crippen LogP contribution is -2.56. The molecule has 1 aromatic carbocycles. The summed E-state index contributed by atoms with van der Waals surface area (Å²) in [5.41, 5.74) is 7.48. The third-order valence-corrected chi connectivity index (χ3v) is 6.70. The van der Waals surface area contributed by atoms with E-state index in [0.717, 1.165) is 13.2 Å². The van der Waals surface area contributed by atoms with E-state index in [1.165, 1.54) is 35.3 Å². The molecule has 3 atom stereocenters. The summed E-state index contributed by atoms with van der Waals surface area (Å²) in [6, 6.07) is 4.65. The van der Waals surface area contributed by atoms with Crippen molar-refractivity contribution >= 4 is 5.69 Å². The number of hydrogen-bond donors (Lipinski definition) is 0. The van der Waals surface area contributed by atoms with Crippen LogP contribution in [0.1, 0.15) is 50.8 Å². The van der Waals surface area contributed by atoms with E-state index in [1.54, 1.807) is 5.57 Å². The summed E-state index contributed by atoms with van der Waals surface area (Å²) < 4.78 is 0. The van der Waals surface area contributed by atoms with Gasteiger partial charge in [-0.3, -0.25) is 4.90 Å². The van der Waals surface area contributed by atoms with E-state index in [-0.39, 0.29) is 5.54 Å². The molecule has 0 N–H and O–H groups in total. The first-order valence-electron chi connectivity index (χ1n) is 9.48. The molecular formula is C22H34N2. The maximum Gasteiger partial charge on any atom is 0.0713 e. The van der Waals surface area contributed by atoms with Gasteiger partial charge in [0.1, 0.15) is 0 Å². The van der Waals surface area contributed by atoms with Gasteiger partial charge >= 0.3 is 0 Å². The van der Waals surface area contributed by atoms with Gasteiger partial charge < -0.3 is 4.90 Å². The van der Waals surface area contributed by atoms with Gasteiger partial charge in [-0.2, -0.15) is 0 Å². The highest BCUT2D eigenvalue weighted by atomic mass is 15.4. The molecule has 3 unspecified atom stereocenters. The molecule has 3 rings (SSSR count). The third kappa shape index (κ3) is 2.79. The topological polar surface area (TPSA) is 6.48 Å². The largest absolute Gasteiger partial charge is 0.357 e. The second-order valence-corrected chi connectivity index (χ2v) is 8.55. The fourth-order valence-corrected chi connectivity index (χ4v) is 5.24. The van der Waals surface area contributed by atoms with Gasteiger partial charge in [0.15, 0.2) is 0 Å². The Balaban J connectivity index is 1.86. The third-order valence-electron chi connectivity index (χ3n) is 6.70. The second-order valence-electron chi connectivity index (χ2n) is 8.55. The number of hydrogen-bond acceptors (Lipinski definition) is 2. The fourth-order valence-electron chi connectivity index (χ4n) is 5.24. The average Bonchev–Trinajstić information content (AvgIpc) is 2.93.